The predicted octanol–water partition coefficient (Wildman–Crippen LogP) is 9.23. The standard InChI is InChI=1S/C45H44O5/c1-47-40-23-15-35(16-24-40)44(33-11-7-5-8-12-33,36-17-25-41(48-2)26-18-36)31-39(46)32-45(34-13-9-6-10-14-34,37-19-27-42(49-3)28-20-37)38-21-29-43(50-4)30-22-38/h5-30,39,46H,31-32H2,1-4H3. The van der Waals surface area contributed by atoms with E-state index in [2.05, 4.69) is 97.1 Å². The summed E-state index contributed by atoms with van der Waals surface area (Å²) >= 11 is 0. The minimum Gasteiger partial charge on any atom is -0.497 e. The number of methoxy groups -OCH3 is 4. The van der Waals surface area contributed by atoms with E-state index in [-0.39, 0.29) is 0 Å². The smallest absolute Gasteiger partial charge is 0.118 e. The minimum absolute atomic E-state index is 0.399. The fourth-order valence-electron chi connectivity index (χ4n) is 7.43. The van der Waals surface area contributed by atoms with E-state index >= 15 is 0 Å². The molecule has 0 aliphatic heterocycles. The van der Waals surface area contributed by atoms with Crippen molar-refractivity contribution in [1.29, 1.82) is 0 Å². The van der Waals surface area contributed by atoms with Crippen molar-refractivity contribution in [3.05, 3.63) is 191 Å². The fraction of sp³-hybridized carbons (Fsp3) is 0.200. The Morgan fingerprint density at radius 2 is 0.580 bits per heavy atom. The Morgan fingerprint density at radius 1 is 0.360 bits per heavy atom. The summed E-state index contributed by atoms with van der Waals surface area (Å²) in [6, 6.07) is 53.7. The summed E-state index contributed by atoms with van der Waals surface area (Å²) in [6.07, 6.45) is 0.0106. The van der Waals surface area contributed by atoms with E-state index in [0.717, 1.165) is 56.4 Å². The van der Waals surface area contributed by atoms with Crippen molar-refractivity contribution in [2.75, 3.05) is 28.4 Å². The molecule has 0 aromatic heterocycles. The highest BCUT2D eigenvalue weighted by molar-refractivity contribution is 5.55. The van der Waals surface area contributed by atoms with Crippen molar-refractivity contribution in [1.82, 2.24) is 0 Å². The molecule has 0 saturated carbocycles. The lowest BCUT2D eigenvalue weighted by Gasteiger charge is -2.42. The fourth-order valence-corrected chi connectivity index (χ4v) is 7.43. The van der Waals surface area contributed by atoms with Crippen LogP contribution in [0.4, 0.5) is 0 Å². The second-order valence-electron chi connectivity index (χ2n) is 12.5. The molecule has 0 radical (unpaired) electrons. The number of rotatable bonds is 14. The van der Waals surface area contributed by atoms with Crippen LogP contribution in [0.3, 0.4) is 0 Å². The second kappa shape index (κ2) is 15.4. The van der Waals surface area contributed by atoms with E-state index in [1.165, 1.54) is 0 Å². The van der Waals surface area contributed by atoms with Crippen LogP contribution in [0.2, 0.25) is 0 Å². The summed E-state index contributed by atoms with van der Waals surface area (Å²) in [7, 11) is 6.70. The van der Waals surface area contributed by atoms with Crippen molar-refractivity contribution in [2.45, 2.75) is 29.8 Å². The Balaban J connectivity index is 1.57. The summed E-state index contributed by atoms with van der Waals surface area (Å²) < 4.78 is 22.3. The van der Waals surface area contributed by atoms with Gasteiger partial charge in [-0.15, -0.1) is 0 Å². The molecule has 0 unspecified atom stereocenters. The summed E-state index contributed by atoms with van der Waals surface area (Å²) in [5.74, 6) is 3.09. The predicted molar refractivity (Wildman–Crippen MR) is 200 cm³/mol. The van der Waals surface area contributed by atoms with Gasteiger partial charge in [-0.25, -0.2) is 0 Å². The number of hydrogen-bond acceptors (Lipinski definition) is 5. The van der Waals surface area contributed by atoms with E-state index in [0.29, 0.717) is 12.8 Å². The lowest BCUT2D eigenvalue weighted by molar-refractivity contribution is 0.122. The normalized spacial score (nSPS) is 11.6. The van der Waals surface area contributed by atoms with Crippen molar-refractivity contribution >= 4 is 0 Å². The molecule has 0 aliphatic rings. The van der Waals surface area contributed by atoms with Gasteiger partial charge in [-0.05, 0) is 94.8 Å². The van der Waals surface area contributed by atoms with E-state index in [9.17, 15) is 5.11 Å². The molecule has 0 amide bonds. The van der Waals surface area contributed by atoms with E-state index < -0.39 is 16.9 Å². The van der Waals surface area contributed by atoms with Crippen molar-refractivity contribution < 1.29 is 24.1 Å². The monoisotopic (exact) mass is 664 g/mol. The molecule has 0 heterocycles. The SMILES string of the molecule is COc1ccc(C(CC(O)CC(c2ccccc2)(c2ccc(OC)cc2)c2ccc(OC)cc2)(c2ccccc2)c2ccc(OC)cc2)cc1. The third-order valence-corrected chi connectivity index (χ3v) is 9.95. The minimum atomic E-state index is -0.788. The lowest BCUT2D eigenvalue weighted by Crippen LogP contribution is -2.39. The molecule has 1 N–H and O–H groups in total. The van der Waals surface area contributed by atoms with Crippen LogP contribution in [0, 0.1) is 0 Å². The summed E-state index contributed by atoms with van der Waals surface area (Å²) in [5.41, 5.74) is 4.91. The first kappa shape index (κ1) is 34.3. The number of hydrogen-bond donors (Lipinski definition) is 1. The van der Waals surface area contributed by atoms with Gasteiger partial charge < -0.3 is 24.1 Å². The molecule has 0 atom stereocenters. The summed E-state index contributed by atoms with van der Waals surface area (Å²) in [5, 5.41) is 12.8. The highest BCUT2D eigenvalue weighted by Gasteiger charge is 2.43. The van der Waals surface area contributed by atoms with Crippen LogP contribution in [-0.2, 0) is 10.8 Å². The third kappa shape index (κ3) is 6.70. The molecular formula is C45H44O5. The Kier molecular flexibility index (Phi) is 10.5. The maximum absolute atomic E-state index is 12.8. The first-order chi connectivity index (χ1) is 24.5. The number of aliphatic hydroxyl groups is 1. The Labute approximate surface area is 295 Å². The van der Waals surface area contributed by atoms with Crippen LogP contribution in [0.1, 0.15) is 46.2 Å². The van der Waals surface area contributed by atoms with Gasteiger partial charge >= 0.3 is 0 Å². The zero-order valence-corrected chi connectivity index (χ0v) is 29.1. The molecule has 5 heteroatoms. The van der Waals surface area contributed by atoms with Crippen molar-refractivity contribution in [3.63, 3.8) is 0 Å². The average molecular weight is 665 g/mol. The highest BCUT2D eigenvalue weighted by atomic mass is 16.5. The molecular weight excluding hydrogens is 620 g/mol. The topological polar surface area (TPSA) is 57.2 Å². The van der Waals surface area contributed by atoms with Crippen molar-refractivity contribution in [3.8, 4) is 23.0 Å². The highest BCUT2D eigenvalue weighted by Crippen LogP contribution is 2.49. The first-order valence-electron chi connectivity index (χ1n) is 16.8. The number of ether oxygens (including phenoxy) is 4. The largest absolute Gasteiger partial charge is 0.497 e. The Hall–Kier alpha value is -5.52. The molecule has 50 heavy (non-hydrogen) atoms. The lowest BCUT2D eigenvalue weighted by atomic mass is 9.62. The van der Waals surface area contributed by atoms with E-state index in [4.69, 9.17) is 18.9 Å². The molecule has 0 bridgehead atoms. The third-order valence-electron chi connectivity index (χ3n) is 9.95. The quantitative estimate of drug-likeness (QED) is 0.118. The Bertz CT molecular complexity index is 1680. The molecule has 0 spiro atoms. The van der Waals surface area contributed by atoms with E-state index in [1.54, 1.807) is 28.4 Å². The second-order valence-corrected chi connectivity index (χ2v) is 12.5. The number of aliphatic hydroxyl groups excluding tert-OH is 1. The zero-order chi connectivity index (χ0) is 35.0. The van der Waals surface area contributed by atoms with Crippen LogP contribution in [-0.4, -0.2) is 39.6 Å². The van der Waals surface area contributed by atoms with Gasteiger partial charge in [0.15, 0.2) is 0 Å². The van der Waals surface area contributed by atoms with Gasteiger partial charge in [0.25, 0.3) is 0 Å². The average Bonchev–Trinajstić information content (AvgIpc) is 3.20. The van der Waals surface area contributed by atoms with Gasteiger partial charge in [-0.2, -0.15) is 0 Å². The molecule has 5 nitrogen and oxygen atoms in total. The molecule has 6 rings (SSSR count). The maximum Gasteiger partial charge on any atom is 0.118 e. The van der Waals surface area contributed by atoms with Crippen LogP contribution in [0.5, 0.6) is 23.0 Å². The molecule has 0 aliphatic carbocycles. The van der Waals surface area contributed by atoms with Crippen LogP contribution >= 0.6 is 0 Å². The maximum atomic E-state index is 12.8. The molecule has 254 valence electrons. The van der Waals surface area contributed by atoms with Gasteiger partial charge in [-0.1, -0.05) is 109 Å². The molecule has 6 aromatic rings. The Morgan fingerprint density at radius 3 is 0.800 bits per heavy atom. The summed E-state index contributed by atoms with van der Waals surface area (Å²) in [6.45, 7) is 0. The van der Waals surface area contributed by atoms with Crippen LogP contribution < -0.4 is 18.9 Å². The zero-order valence-electron chi connectivity index (χ0n) is 29.1. The molecule has 0 saturated heterocycles. The van der Waals surface area contributed by atoms with Gasteiger partial charge in [0.1, 0.15) is 23.0 Å². The van der Waals surface area contributed by atoms with Gasteiger partial charge in [-0.3, -0.25) is 0 Å². The first-order valence-corrected chi connectivity index (χ1v) is 16.8. The van der Waals surface area contributed by atoms with Gasteiger partial charge in [0.05, 0.1) is 34.5 Å². The molecule has 6 aromatic carbocycles. The summed E-state index contributed by atoms with van der Waals surface area (Å²) in [4.78, 5) is 0. The van der Waals surface area contributed by atoms with Crippen LogP contribution in [0.25, 0.3) is 0 Å². The van der Waals surface area contributed by atoms with Crippen LogP contribution in [0.15, 0.2) is 158 Å². The van der Waals surface area contributed by atoms with Gasteiger partial charge in [0, 0.05) is 10.8 Å². The molecule has 0 fully saturated rings. The van der Waals surface area contributed by atoms with Crippen molar-refractivity contribution in [2.24, 2.45) is 0 Å². The van der Waals surface area contributed by atoms with Gasteiger partial charge in [0.2, 0.25) is 0 Å². The number of benzene rings is 6. The van der Waals surface area contributed by atoms with E-state index in [1.807, 2.05) is 60.7 Å².